The van der Waals surface area contributed by atoms with Crippen molar-refractivity contribution in [2.45, 2.75) is 37.5 Å². The van der Waals surface area contributed by atoms with Crippen molar-refractivity contribution in [1.82, 2.24) is 9.97 Å². The van der Waals surface area contributed by atoms with Crippen LogP contribution in [0.4, 0.5) is 0 Å². The van der Waals surface area contributed by atoms with E-state index >= 15 is 0 Å². The largest absolute Gasteiger partial charge is 0.228 e. The molecule has 1 heterocycles. The molecule has 1 saturated carbocycles. The number of hydrogen-bond donors (Lipinski definition) is 0. The van der Waals surface area contributed by atoms with Gasteiger partial charge in [-0.1, -0.05) is 201 Å². The van der Waals surface area contributed by atoms with Crippen LogP contribution in [0.15, 0.2) is 206 Å². The molecule has 62 heavy (non-hydrogen) atoms. The van der Waals surface area contributed by atoms with Crippen molar-refractivity contribution in [3.05, 3.63) is 217 Å². The van der Waals surface area contributed by atoms with E-state index in [4.69, 9.17) is 9.97 Å². The van der Waals surface area contributed by atoms with Gasteiger partial charge >= 0.3 is 0 Å². The Balaban J connectivity index is 1.03. The lowest BCUT2D eigenvalue weighted by molar-refractivity contribution is 0.353. The zero-order valence-corrected chi connectivity index (χ0v) is 34.6. The maximum absolute atomic E-state index is 5.31. The maximum Gasteiger partial charge on any atom is 0.160 e. The summed E-state index contributed by atoms with van der Waals surface area (Å²) < 4.78 is 0. The van der Waals surface area contributed by atoms with Gasteiger partial charge in [0.2, 0.25) is 0 Å². The van der Waals surface area contributed by atoms with Gasteiger partial charge in [-0.25, -0.2) is 9.97 Å². The predicted octanol–water partition coefficient (Wildman–Crippen LogP) is 16.0. The number of hydrogen-bond acceptors (Lipinski definition) is 2. The monoisotopic (exact) mass is 792 g/mol. The first kappa shape index (κ1) is 36.4. The molecule has 0 N–H and O–H groups in total. The Hall–Kier alpha value is -7.42. The average Bonchev–Trinajstić information content (AvgIpc) is 3.60. The molecule has 9 aromatic carbocycles. The zero-order valence-electron chi connectivity index (χ0n) is 34.6. The Morgan fingerprint density at radius 2 is 0.887 bits per heavy atom. The van der Waals surface area contributed by atoms with Crippen molar-refractivity contribution in [2.75, 3.05) is 0 Å². The molecule has 294 valence electrons. The second-order valence-corrected chi connectivity index (χ2v) is 17.1. The van der Waals surface area contributed by atoms with Gasteiger partial charge in [0.1, 0.15) is 0 Å². The number of aromatic nitrogens is 2. The minimum absolute atomic E-state index is 0.0596. The van der Waals surface area contributed by atoms with E-state index in [-0.39, 0.29) is 5.41 Å². The van der Waals surface area contributed by atoms with Crippen LogP contribution < -0.4 is 0 Å². The molecule has 10 aromatic rings. The van der Waals surface area contributed by atoms with Crippen LogP contribution in [0, 0.1) is 0 Å². The van der Waals surface area contributed by atoms with E-state index in [0.717, 1.165) is 39.0 Å². The van der Waals surface area contributed by atoms with Crippen molar-refractivity contribution >= 4 is 21.5 Å². The lowest BCUT2D eigenvalue weighted by Crippen LogP contribution is -2.28. The first-order valence-corrected chi connectivity index (χ1v) is 22.1. The van der Waals surface area contributed by atoms with E-state index in [1.54, 1.807) is 0 Å². The fourth-order valence-electron chi connectivity index (χ4n) is 10.8. The Morgan fingerprint density at radius 3 is 1.66 bits per heavy atom. The minimum Gasteiger partial charge on any atom is -0.228 e. The SMILES string of the molecule is c1ccc(-c2cccc(-c3cc(-c4ccc(-c5ccccc5-c5cccc6c5-c5cc7ccccc7cc5C65CCCCC5)c5ccccc45)nc(-c4ccccc4)n3)c2)cc1. The van der Waals surface area contributed by atoms with E-state index in [0.29, 0.717) is 5.82 Å². The number of rotatable bonds is 6. The highest BCUT2D eigenvalue weighted by atomic mass is 14.9. The Kier molecular flexibility index (Phi) is 8.78. The first-order valence-electron chi connectivity index (χ1n) is 22.1. The molecule has 2 heteroatoms. The van der Waals surface area contributed by atoms with Crippen molar-refractivity contribution < 1.29 is 0 Å². The second-order valence-electron chi connectivity index (χ2n) is 17.1. The molecule has 0 amide bonds. The quantitative estimate of drug-likeness (QED) is 0.168. The molecule has 1 aromatic heterocycles. The molecule has 0 unspecified atom stereocenters. The summed E-state index contributed by atoms with van der Waals surface area (Å²) in [7, 11) is 0. The van der Waals surface area contributed by atoms with E-state index < -0.39 is 0 Å². The molecule has 0 radical (unpaired) electrons. The molecular weight excluding hydrogens is 749 g/mol. The summed E-state index contributed by atoms with van der Waals surface area (Å²) in [6, 6.07) is 75.3. The van der Waals surface area contributed by atoms with Crippen LogP contribution in [0.3, 0.4) is 0 Å². The smallest absolute Gasteiger partial charge is 0.160 e. The highest BCUT2D eigenvalue weighted by molar-refractivity contribution is 6.08. The minimum atomic E-state index is 0.0596. The summed E-state index contributed by atoms with van der Waals surface area (Å²) in [4.78, 5) is 10.5. The maximum atomic E-state index is 5.31. The Labute approximate surface area is 363 Å². The number of benzene rings is 9. The standard InChI is InChI=1S/C60H44N2/c1-4-18-40(19-5-1)42-24-16-25-45(36-42)56-39-57(62-59(61-56)41-20-6-2-7-21-41)51-33-32-50(46-26-10-12-28-48(46)51)47-27-11-13-29-49(47)52-30-17-31-54-58(52)53-37-43-22-8-9-23-44(43)38-55(53)60(54)34-14-3-15-35-60/h1-2,4-13,16-33,36-39H,3,14-15,34-35H2. The van der Waals surface area contributed by atoms with Crippen LogP contribution in [0.2, 0.25) is 0 Å². The van der Waals surface area contributed by atoms with Crippen molar-refractivity contribution in [2.24, 2.45) is 0 Å². The average molecular weight is 793 g/mol. The van der Waals surface area contributed by atoms with Crippen LogP contribution in [0.5, 0.6) is 0 Å². The van der Waals surface area contributed by atoms with E-state index in [1.165, 1.54) is 98.3 Å². The van der Waals surface area contributed by atoms with Gasteiger partial charge in [0.15, 0.2) is 5.82 Å². The first-order chi connectivity index (χ1) is 30.7. The van der Waals surface area contributed by atoms with Crippen molar-refractivity contribution in [3.63, 3.8) is 0 Å². The number of fused-ring (bicyclic) bond motifs is 7. The van der Waals surface area contributed by atoms with E-state index in [2.05, 4.69) is 200 Å². The Bertz CT molecular complexity index is 3320. The van der Waals surface area contributed by atoms with Gasteiger partial charge in [-0.15, -0.1) is 0 Å². The van der Waals surface area contributed by atoms with E-state index in [1.807, 2.05) is 6.07 Å². The molecule has 0 saturated heterocycles. The van der Waals surface area contributed by atoms with Crippen LogP contribution in [-0.4, -0.2) is 9.97 Å². The van der Waals surface area contributed by atoms with Crippen LogP contribution in [0.1, 0.15) is 43.2 Å². The summed E-state index contributed by atoms with van der Waals surface area (Å²) >= 11 is 0. The van der Waals surface area contributed by atoms with Gasteiger partial charge in [0.25, 0.3) is 0 Å². The summed E-state index contributed by atoms with van der Waals surface area (Å²) in [5, 5.41) is 5.01. The lowest BCUT2D eigenvalue weighted by Gasteiger charge is -2.36. The van der Waals surface area contributed by atoms with Gasteiger partial charge in [0.05, 0.1) is 11.4 Å². The fourth-order valence-corrected chi connectivity index (χ4v) is 10.8. The molecule has 0 aliphatic heterocycles. The molecule has 0 atom stereocenters. The zero-order chi connectivity index (χ0) is 41.0. The third kappa shape index (κ3) is 6.01. The predicted molar refractivity (Wildman–Crippen MR) is 259 cm³/mol. The molecule has 2 aliphatic carbocycles. The summed E-state index contributed by atoms with van der Waals surface area (Å²) in [5.74, 6) is 0.712. The molecular formula is C60H44N2. The highest BCUT2D eigenvalue weighted by Crippen LogP contribution is 2.59. The van der Waals surface area contributed by atoms with Crippen LogP contribution in [-0.2, 0) is 5.41 Å². The van der Waals surface area contributed by atoms with Gasteiger partial charge in [-0.3, -0.25) is 0 Å². The summed E-state index contributed by atoms with van der Waals surface area (Å²) in [5.41, 5.74) is 18.2. The van der Waals surface area contributed by atoms with Crippen LogP contribution >= 0.6 is 0 Å². The molecule has 0 bridgehead atoms. The summed E-state index contributed by atoms with van der Waals surface area (Å²) in [6.07, 6.45) is 6.27. The normalized spacial score (nSPS) is 13.9. The lowest BCUT2D eigenvalue weighted by atomic mass is 9.67. The van der Waals surface area contributed by atoms with Gasteiger partial charge in [-0.05, 0) is 114 Å². The summed E-state index contributed by atoms with van der Waals surface area (Å²) in [6.45, 7) is 0. The third-order valence-corrected chi connectivity index (χ3v) is 13.7. The molecule has 2 aliphatic rings. The van der Waals surface area contributed by atoms with Crippen molar-refractivity contribution in [3.8, 4) is 78.4 Å². The third-order valence-electron chi connectivity index (χ3n) is 13.7. The molecule has 12 rings (SSSR count). The topological polar surface area (TPSA) is 25.8 Å². The molecule has 1 spiro atoms. The van der Waals surface area contributed by atoms with E-state index in [9.17, 15) is 0 Å². The molecule has 2 nitrogen and oxygen atoms in total. The Morgan fingerprint density at radius 1 is 0.323 bits per heavy atom. The van der Waals surface area contributed by atoms with Gasteiger partial charge in [0, 0.05) is 22.1 Å². The number of nitrogens with zero attached hydrogens (tertiary/aromatic N) is 2. The highest BCUT2D eigenvalue weighted by Gasteiger charge is 2.45. The van der Waals surface area contributed by atoms with Gasteiger partial charge in [-0.2, -0.15) is 0 Å². The van der Waals surface area contributed by atoms with Crippen LogP contribution in [0.25, 0.3) is 100.0 Å². The molecule has 1 fully saturated rings. The van der Waals surface area contributed by atoms with Crippen molar-refractivity contribution in [1.29, 1.82) is 0 Å². The fraction of sp³-hybridized carbons (Fsp3) is 0.100. The second kappa shape index (κ2) is 14.9. The van der Waals surface area contributed by atoms with Gasteiger partial charge < -0.3 is 0 Å².